The zero-order valence-corrected chi connectivity index (χ0v) is 9.90. The van der Waals surface area contributed by atoms with Gasteiger partial charge in [-0.1, -0.05) is 0 Å². The van der Waals surface area contributed by atoms with Crippen LogP contribution in [0.25, 0.3) is 0 Å². The van der Waals surface area contributed by atoms with Gasteiger partial charge in [0.2, 0.25) is 10.0 Å². The number of hydrogen-bond acceptors (Lipinski definition) is 4. The number of rotatable bonds is 6. The fourth-order valence-corrected chi connectivity index (χ4v) is 1.78. The zero-order chi connectivity index (χ0) is 12.9. The average Bonchev–Trinajstić information content (AvgIpc) is 2.24. The second-order valence-electron chi connectivity index (χ2n) is 3.53. The molecule has 0 spiro atoms. The molecule has 0 bridgehead atoms. The molecule has 0 atom stereocenters. The predicted molar refractivity (Wildman–Crippen MR) is 64.5 cm³/mol. The molecule has 7 heteroatoms. The molecule has 0 heterocycles. The average molecular weight is 258 g/mol. The number of nitrogens with two attached hydrogens (primary N) is 1. The first kappa shape index (κ1) is 13.5. The molecule has 0 aliphatic heterocycles. The van der Waals surface area contributed by atoms with Crippen molar-refractivity contribution in [2.75, 3.05) is 17.6 Å². The minimum atomic E-state index is -3.41. The first-order chi connectivity index (χ1) is 7.88. The molecular weight excluding hydrogens is 244 g/mol. The molecule has 0 amide bonds. The highest BCUT2D eigenvalue weighted by atomic mass is 32.2. The molecule has 1 aromatic rings. The van der Waals surface area contributed by atoms with Gasteiger partial charge in [0.25, 0.3) is 0 Å². The third-order valence-electron chi connectivity index (χ3n) is 2.07. The van der Waals surface area contributed by atoms with Crippen LogP contribution in [0.15, 0.2) is 24.3 Å². The van der Waals surface area contributed by atoms with Crippen molar-refractivity contribution in [3.8, 4) is 0 Å². The Morgan fingerprint density at radius 2 is 1.88 bits per heavy atom. The van der Waals surface area contributed by atoms with Crippen molar-refractivity contribution in [3.05, 3.63) is 29.8 Å². The Balaban J connectivity index is 2.40. The van der Waals surface area contributed by atoms with Crippen LogP contribution < -0.4 is 10.5 Å². The molecule has 0 aliphatic rings. The van der Waals surface area contributed by atoms with Gasteiger partial charge in [0.15, 0.2) is 0 Å². The van der Waals surface area contributed by atoms with E-state index < -0.39 is 16.0 Å². The van der Waals surface area contributed by atoms with Crippen LogP contribution in [-0.4, -0.2) is 31.8 Å². The van der Waals surface area contributed by atoms with Crippen molar-refractivity contribution < 1.29 is 18.3 Å². The standard InChI is InChI=1S/C10H14N2O4S/c11-17(15,16)7-1-6-12-9-4-2-8(3-5-9)10(13)14/h2-5,12H,1,6-7H2,(H,13,14)(H2,11,15,16). The zero-order valence-electron chi connectivity index (χ0n) is 9.09. The van der Waals surface area contributed by atoms with Crippen molar-refractivity contribution >= 4 is 21.7 Å². The van der Waals surface area contributed by atoms with Crippen LogP contribution in [0, 0.1) is 0 Å². The van der Waals surface area contributed by atoms with E-state index in [2.05, 4.69) is 5.32 Å². The van der Waals surface area contributed by atoms with Gasteiger partial charge < -0.3 is 10.4 Å². The SMILES string of the molecule is NS(=O)(=O)CCCNc1ccc(C(=O)O)cc1. The lowest BCUT2D eigenvalue weighted by molar-refractivity contribution is 0.0697. The molecule has 0 fully saturated rings. The van der Waals surface area contributed by atoms with Gasteiger partial charge >= 0.3 is 5.97 Å². The lowest BCUT2D eigenvalue weighted by Crippen LogP contribution is -2.18. The van der Waals surface area contributed by atoms with E-state index in [1.54, 1.807) is 12.1 Å². The Hall–Kier alpha value is -1.60. The minimum absolute atomic E-state index is 0.0762. The molecule has 0 saturated heterocycles. The topological polar surface area (TPSA) is 109 Å². The molecule has 0 saturated carbocycles. The van der Waals surface area contributed by atoms with Crippen molar-refractivity contribution in [2.45, 2.75) is 6.42 Å². The molecule has 0 unspecified atom stereocenters. The summed E-state index contributed by atoms with van der Waals surface area (Å²) in [4.78, 5) is 10.6. The molecule has 4 N–H and O–H groups in total. The molecule has 1 aromatic carbocycles. The summed E-state index contributed by atoms with van der Waals surface area (Å²) in [7, 11) is -3.41. The van der Waals surface area contributed by atoms with Gasteiger partial charge in [-0.15, -0.1) is 0 Å². The summed E-state index contributed by atoms with van der Waals surface area (Å²) in [6, 6.07) is 6.20. The van der Waals surface area contributed by atoms with Crippen LogP contribution in [0.5, 0.6) is 0 Å². The largest absolute Gasteiger partial charge is 0.478 e. The number of anilines is 1. The van der Waals surface area contributed by atoms with E-state index in [-0.39, 0.29) is 11.3 Å². The first-order valence-corrected chi connectivity index (χ1v) is 6.68. The van der Waals surface area contributed by atoms with Gasteiger partial charge in [0.05, 0.1) is 11.3 Å². The molecule has 6 nitrogen and oxygen atoms in total. The highest BCUT2D eigenvalue weighted by Gasteiger charge is 2.03. The number of benzene rings is 1. The lowest BCUT2D eigenvalue weighted by atomic mass is 10.2. The summed E-state index contributed by atoms with van der Waals surface area (Å²) in [5, 5.41) is 16.5. The summed E-state index contributed by atoms with van der Waals surface area (Å²) in [5.41, 5.74) is 0.949. The summed E-state index contributed by atoms with van der Waals surface area (Å²) < 4.78 is 21.3. The number of aromatic carboxylic acids is 1. The second kappa shape index (κ2) is 5.65. The molecular formula is C10H14N2O4S. The van der Waals surface area contributed by atoms with E-state index in [1.807, 2.05) is 0 Å². The summed E-state index contributed by atoms with van der Waals surface area (Å²) in [5.74, 6) is -1.06. The van der Waals surface area contributed by atoms with Gasteiger partial charge in [-0.05, 0) is 30.7 Å². The van der Waals surface area contributed by atoms with Crippen LogP contribution in [0.2, 0.25) is 0 Å². The Kier molecular flexibility index (Phi) is 4.47. The summed E-state index contributed by atoms with van der Waals surface area (Å²) >= 11 is 0. The number of hydrogen-bond donors (Lipinski definition) is 3. The molecule has 0 aliphatic carbocycles. The molecule has 17 heavy (non-hydrogen) atoms. The number of primary sulfonamides is 1. The quantitative estimate of drug-likeness (QED) is 0.643. The van der Waals surface area contributed by atoms with E-state index in [0.29, 0.717) is 13.0 Å². The Labute approximate surface area is 99.5 Å². The number of carbonyl (C=O) groups is 1. The molecule has 94 valence electrons. The molecule has 1 rings (SSSR count). The summed E-state index contributed by atoms with van der Waals surface area (Å²) in [6.07, 6.45) is 0.402. The Morgan fingerprint density at radius 1 is 1.29 bits per heavy atom. The highest BCUT2D eigenvalue weighted by molar-refractivity contribution is 7.89. The van der Waals surface area contributed by atoms with Crippen molar-refractivity contribution in [2.24, 2.45) is 5.14 Å². The van der Waals surface area contributed by atoms with Crippen molar-refractivity contribution in [1.82, 2.24) is 0 Å². The van der Waals surface area contributed by atoms with Crippen molar-refractivity contribution in [3.63, 3.8) is 0 Å². The van der Waals surface area contributed by atoms with Crippen LogP contribution in [0.4, 0.5) is 5.69 Å². The fourth-order valence-electron chi connectivity index (χ4n) is 1.24. The Morgan fingerprint density at radius 3 is 2.35 bits per heavy atom. The van der Waals surface area contributed by atoms with Crippen LogP contribution in [0.3, 0.4) is 0 Å². The third-order valence-corrected chi connectivity index (χ3v) is 2.92. The van der Waals surface area contributed by atoms with Crippen molar-refractivity contribution in [1.29, 1.82) is 0 Å². The normalized spacial score (nSPS) is 11.1. The van der Waals surface area contributed by atoms with E-state index in [1.165, 1.54) is 12.1 Å². The van der Waals surface area contributed by atoms with Gasteiger partial charge in [-0.3, -0.25) is 0 Å². The second-order valence-corrected chi connectivity index (χ2v) is 5.26. The van der Waals surface area contributed by atoms with E-state index >= 15 is 0 Å². The van der Waals surface area contributed by atoms with Crippen LogP contribution >= 0.6 is 0 Å². The predicted octanol–water partition coefficient (Wildman–Crippen LogP) is 0.475. The van der Waals surface area contributed by atoms with Crippen LogP contribution in [-0.2, 0) is 10.0 Å². The third kappa shape index (κ3) is 5.32. The van der Waals surface area contributed by atoms with E-state index in [0.717, 1.165) is 5.69 Å². The number of nitrogens with one attached hydrogen (secondary N) is 1. The maximum Gasteiger partial charge on any atom is 0.335 e. The minimum Gasteiger partial charge on any atom is -0.478 e. The number of sulfonamides is 1. The molecule has 0 aromatic heterocycles. The monoisotopic (exact) mass is 258 g/mol. The Bertz CT molecular complexity index is 482. The maximum atomic E-state index is 10.6. The smallest absolute Gasteiger partial charge is 0.335 e. The summed E-state index contributed by atoms with van der Waals surface area (Å²) in [6.45, 7) is 0.461. The van der Waals surface area contributed by atoms with Gasteiger partial charge in [0.1, 0.15) is 0 Å². The van der Waals surface area contributed by atoms with Gasteiger partial charge in [0, 0.05) is 12.2 Å². The maximum absolute atomic E-state index is 10.6. The fraction of sp³-hybridized carbons (Fsp3) is 0.300. The van der Waals surface area contributed by atoms with Gasteiger partial charge in [-0.25, -0.2) is 18.4 Å². The number of carboxylic acids is 1. The van der Waals surface area contributed by atoms with E-state index in [9.17, 15) is 13.2 Å². The van der Waals surface area contributed by atoms with Gasteiger partial charge in [-0.2, -0.15) is 0 Å². The number of carboxylic acid groups (broad SMARTS) is 1. The lowest BCUT2D eigenvalue weighted by Gasteiger charge is -2.05. The van der Waals surface area contributed by atoms with Crippen LogP contribution in [0.1, 0.15) is 16.8 Å². The molecule has 0 radical (unpaired) electrons. The first-order valence-electron chi connectivity index (χ1n) is 4.96. The van der Waals surface area contributed by atoms with E-state index in [4.69, 9.17) is 10.2 Å². The highest BCUT2D eigenvalue weighted by Crippen LogP contribution is 2.09.